The van der Waals surface area contributed by atoms with Gasteiger partial charge < -0.3 is 9.47 Å². The molecule has 0 saturated carbocycles. The van der Waals surface area contributed by atoms with Gasteiger partial charge in [0.25, 0.3) is 0 Å². The quantitative estimate of drug-likeness (QED) is 0.262. The fraction of sp³-hybridized carbons (Fsp3) is 0.176. The van der Waals surface area contributed by atoms with Crippen LogP contribution in [0.5, 0.6) is 11.5 Å². The largest absolute Gasteiger partial charge is 0.425 e. The van der Waals surface area contributed by atoms with Gasteiger partial charge in [-0.3, -0.25) is 9.59 Å². The summed E-state index contributed by atoms with van der Waals surface area (Å²) in [6, 6.07) is 2.68. The molecule has 27 heavy (non-hydrogen) atoms. The van der Waals surface area contributed by atoms with Gasteiger partial charge >= 0.3 is 11.9 Å². The van der Waals surface area contributed by atoms with Crippen molar-refractivity contribution >= 4 is 81.5 Å². The van der Waals surface area contributed by atoms with Crippen LogP contribution in [0.25, 0.3) is 0 Å². The second kappa shape index (κ2) is 9.08. The van der Waals surface area contributed by atoms with E-state index in [1.807, 2.05) is 0 Å². The molecule has 2 rings (SSSR count). The van der Waals surface area contributed by atoms with Crippen molar-refractivity contribution < 1.29 is 19.1 Å². The van der Waals surface area contributed by atoms with Gasteiger partial charge in [-0.25, -0.2) is 0 Å². The molecule has 0 N–H and O–H groups in total. The Balaban J connectivity index is 2.73. The third kappa shape index (κ3) is 5.14. The van der Waals surface area contributed by atoms with E-state index in [1.54, 1.807) is 0 Å². The molecule has 0 aliphatic heterocycles. The lowest BCUT2D eigenvalue weighted by Gasteiger charge is -2.18. The number of carbonyl (C=O) groups is 2. The molecule has 4 nitrogen and oxygen atoms in total. The maximum atomic E-state index is 11.5. The molecule has 0 aliphatic carbocycles. The van der Waals surface area contributed by atoms with Crippen LogP contribution in [0.15, 0.2) is 12.1 Å². The second-order valence-electron chi connectivity index (χ2n) is 5.29. The maximum Gasteiger partial charge on any atom is 0.308 e. The second-order valence-corrected chi connectivity index (χ2v) is 7.67. The monoisotopic (exact) mass is 488 g/mol. The molecular weight excluding hydrogens is 481 g/mol. The summed E-state index contributed by atoms with van der Waals surface area (Å²) in [7, 11) is 0. The predicted octanol–water partition coefficient (Wildman–Crippen LogP) is 7.05. The van der Waals surface area contributed by atoms with Gasteiger partial charge in [0.2, 0.25) is 0 Å². The number of esters is 2. The average Bonchev–Trinajstić information content (AvgIpc) is 2.55. The summed E-state index contributed by atoms with van der Waals surface area (Å²) in [6.07, 6.45) is -0.0799. The highest BCUT2D eigenvalue weighted by Crippen LogP contribution is 2.45. The third-order valence-corrected chi connectivity index (χ3v) is 5.50. The zero-order valence-corrected chi connectivity index (χ0v) is 18.3. The maximum absolute atomic E-state index is 11.5. The molecule has 0 aromatic heterocycles. The molecule has 0 bridgehead atoms. The molecule has 144 valence electrons. The lowest BCUT2D eigenvalue weighted by Crippen LogP contribution is -2.09. The van der Waals surface area contributed by atoms with Gasteiger partial charge in [-0.15, -0.1) is 0 Å². The van der Waals surface area contributed by atoms with E-state index in [9.17, 15) is 9.59 Å². The first-order valence-electron chi connectivity index (χ1n) is 7.22. The number of rotatable bonds is 4. The Hall–Kier alpha value is -0.880. The van der Waals surface area contributed by atoms with E-state index in [0.29, 0.717) is 0 Å². The van der Waals surface area contributed by atoms with E-state index in [2.05, 4.69) is 0 Å². The highest BCUT2D eigenvalue weighted by atomic mass is 35.5. The van der Waals surface area contributed by atoms with Crippen molar-refractivity contribution in [2.45, 2.75) is 20.3 Å². The molecule has 0 radical (unpaired) electrons. The third-order valence-electron chi connectivity index (χ3n) is 3.28. The van der Waals surface area contributed by atoms with Crippen LogP contribution in [0, 0.1) is 0 Å². The van der Waals surface area contributed by atoms with Crippen LogP contribution >= 0.6 is 69.6 Å². The first-order valence-corrected chi connectivity index (χ1v) is 9.49. The highest BCUT2D eigenvalue weighted by molar-refractivity contribution is 6.45. The van der Waals surface area contributed by atoms with Crippen molar-refractivity contribution in [3.63, 3.8) is 0 Å². The van der Waals surface area contributed by atoms with E-state index < -0.39 is 11.9 Å². The SMILES string of the molecule is CC(=O)Oc1c(Cl)cc(Cl)c(Cl)c1Cc1c(Cl)c(Cl)cc(Cl)c1OC(C)=O. The van der Waals surface area contributed by atoms with E-state index >= 15 is 0 Å². The Kier molecular flexibility index (Phi) is 7.54. The van der Waals surface area contributed by atoms with Crippen LogP contribution in [0.1, 0.15) is 25.0 Å². The summed E-state index contributed by atoms with van der Waals surface area (Å²) < 4.78 is 10.3. The number of hydrogen-bond donors (Lipinski definition) is 0. The Bertz CT molecular complexity index is 866. The summed E-state index contributed by atoms with van der Waals surface area (Å²) in [6.45, 7) is 2.41. The van der Waals surface area contributed by atoms with Crippen molar-refractivity contribution in [1.82, 2.24) is 0 Å². The van der Waals surface area contributed by atoms with Crippen molar-refractivity contribution in [1.29, 1.82) is 0 Å². The molecule has 10 heteroatoms. The molecule has 0 aliphatic rings. The fourth-order valence-corrected chi connectivity index (χ4v) is 3.75. The molecule has 0 amide bonds. The van der Waals surface area contributed by atoms with E-state index in [0.717, 1.165) is 0 Å². The average molecular weight is 491 g/mol. The van der Waals surface area contributed by atoms with Crippen molar-refractivity contribution in [2.75, 3.05) is 0 Å². The van der Waals surface area contributed by atoms with Gasteiger partial charge in [0.1, 0.15) is 0 Å². The van der Waals surface area contributed by atoms with Gasteiger partial charge in [-0.1, -0.05) is 69.6 Å². The standard InChI is InChI=1S/C17H10Cl6O4/c1-6(24)26-16-8(14(22)10(18)4-12(16)20)3-9-15(23)11(19)5-13(21)17(9)27-7(2)25/h4-5H,3H2,1-2H3. The normalized spacial score (nSPS) is 10.7. The summed E-state index contributed by atoms with van der Waals surface area (Å²) in [5.74, 6) is -1.24. The first-order chi connectivity index (χ1) is 12.5. The van der Waals surface area contributed by atoms with Gasteiger partial charge in [0.15, 0.2) is 11.5 Å². The molecule has 0 spiro atoms. The van der Waals surface area contributed by atoms with E-state index in [1.165, 1.54) is 26.0 Å². The molecule has 0 unspecified atom stereocenters. The summed E-state index contributed by atoms with van der Waals surface area (Å²) in [5, 5.41) is 0.550. The molecular formula is C17H10Cl6O4. The van der Waals surface area contributed by atoms with Gasteiger partial charge in [0, 0.05) is 31.4 Å². The lowest BCUT2D eigenvalue weighted by atomic mass is 10.0. The van der Waals surface area contributed by atoms with Crippen LogP contribution in [0.3, 0.4) is 0 Å². The molecule has 2 aromatic rings. The summed E-state index contributed by atoms with van der Waals surface area (Å²) >= 11 is 37.1. The zero-order valence-electron chi connectivity index (χ0n) is 13.8. The molecule has 0 atom stereocenters. The van der Waals surface area contributed by atoms with Gasteiger partial charge in [-0.05, 0) is 12.1 Å². The van der Waals surface area contributed by atoms with Crippen molar-refractivity contribution in [3.8, 4) is 11.5 Å². The minimum Gasteiger partial charge on any atom is -0.425 e. The molecule has 2 aromatic carbocycles. The lowest BCUT2D eigenvalue weighted by molar-refractivity contribution is -0.132. The Morgan fingerprint density at radius 2 is 1.04 bits per heavy atom. The molecule has 0 heterocycles. The number of hydrogen-bond acceptors (Lipinski definition) is 4. The van der Waals surface area contributed by atoms with Crippen LogP contribution in [-0.2, 0) is 16.0 Å². The minimum absolute atomic E-state index is 0.000457. The summed E-state index contributed by atoms with van der Waals surface area (Å²) in [4.78, 5) is 22.9. The first kappa shape index (κ1) is 22.4. The zero-order chi connectivity index (χ0) is 20.5. The van der Waals surface area contributed by atoms with Crippen molar-refractivity contribution in [3.05, 3.63) is 53.4 Å². The van der Waals surface area contributed by atoms with Gasteiger partial charge in [0.05, 0.1) is 30.1 Å². The fourth-order valence-electron chi connectivity index (χ4n) is 2.26. The number of halogens is 6. The van der Waals surface area contributed by atoms with Crippen LogP contribution in [-0.4, -0.2) is 11.9 Å². The predicted molar refractivity (Wildman–Crippen MR) is 108 cm³/mol. The van der Waals surface area contributed by atoms with Crippen LogP contribution < -0.4 is 9.47 Å². The molecule has 0 fully saturated rings. The molecule has 0 saturated heterocycles. The number of carbonyl (C=O) groups excluding carboxylic acids is 2. The number of benzene rings is 2. The Morgan fingerprint density at radius 3 is 1.33 bits per heavy atom. The number of ether oxygens (including phenoxy) is 2. The smallest absolute Gasteiger partial charge is 0.308 e. The van der Waals surface area contributed by atoms with Crippen LogP contribution in [0.4, 0.5) is 0 Å². The Morgan fingerprint density at radius 1 is 0.704 bits per heavy atom. The van der Waals surface area contributed by atoms with E-state index in [-0.39, 0.29) is 59.2 Å². The van der Waals surface area contributed by atoms with Crippen LogP contribution in [0.2, 0.25) is 30.1 Å². The Labute approximate surface area is 185 Å². The topological polar surface area (TPSA) is 52.6 Å². The minimum atomic E-state index is -0.619. The highest BCUT2D eigenvalue weighted by Gasteiger charge is 2.24. The van der Waals surface area contributed by atoms with Crippen molar-refractivity contribution in [2.24, 2.45) is 0 Å². The van der Waals surface area contributed by atoms with Gasteiger partial charge in [-0.2, -0.15) is 0 Å². The summed E-state index contributed by atoms with van der Waals surface area (Å²) in [5.41, 5.74) is 0.496. The van der Waals surface area contributed by atoms with E-state index in [4.69, 9.17) is 79.1 Å².